The highest BCUT2D eigenvalue weighted by Gasteiger charge is 2.59. The van der Waals surface area contributed by atoms with Crippen LogP contribution < -0.4 is 10.6 Å². The van der Waals surface area contributed by atoms with Gasteiger partial charge in [0.25, 0.3) is 0 Å². The SMILES string of the molecule is CCCCCCCCCCCCC/C=C/[C@@H](O)[C@H](CO[C@@H]1OC(CO)[C@@H](O[C@@H]2OC(CO)[C@H](O)[C@H](O[C@@H]3OC(CO)[C@@H](O[C@H]4OC(C)[C@@H](O)C(O)[C@@H]4O)[C@H](O[C@@H]4OC(CO)[C@H](O)[C@H](O)C4O[C@H]4OC(C)[C@@H](O)C(O)[C@@H]4O)C3NC(C)=O)C2O)[C@H](O)C1O)NC(=O)CCCCCCCCCCCCCCCCCCCCC. The second-order valence-corrected chi connectivity index (χ2v) is 31.3. The van der Waals surface area contributed by atoms with Gasteiger partial charge in [-0.15, -0.1) is 0 Å². The quantitative estimate of drug-likeness (QED) is 0.0299. The molecule has 6 aliphatic rings. The average molecular weight is 1600 g/mol. The molecule has 6 rings (SSSR count). The molecule has 0 aromatic rings. The Morgan fingerprint density at radius 3 is 1.22 bits per heavy atom. The Bertz CT molecular complexity index is 2510. The Morgan fingerprint density at radius 2 is 0.739 bits per heavy atom. The van der Waals surface area contributed by atoms with Crippen molar-refractivity contribution in [2.24, 2.45) is 0 Å². The highest BCUT2D eigenvalue weighted by molar-refractivity contribution is 5.76. The van der Waals surface area contributed by atoms with Gasteiger partial charge >= 0.3 is 0 Å². The third-order valence-electron chi connectivity index (χ3n) is 22.2. The van der Waals surface area contributed by atoms with E-state index in [-0.39, 0.29) is 12.3 Å². The second kappa shape index (κ2) is 52.4. The Morgan fingerprint density at radius 1 is 0.369 bits per heavy atom. The summed E-state index contributed by atoms with van der Waals surface area (Å²) in [5.41, 5.74) is 0. The summed E-state index contributed by atoms with van der Waals surface area (Å²) < 4.78 is 72.6. The molecule has 12 unspecified atom stereocenters. The predicted molar refractivity (Wildman–Crippen MR) is 398 cm³/mol. The van der Waals surface area contributed by atoms with E-state index in [0.29, 0.717) is 12.8 Å². The summed E-state index contributed by atoms with van der Waals surface area (Å²) in [4.78, 5) is 27.1. The zero-order valence-electron chi connectivity index (χ0n) is 66.1. The number of ether oxygens (including phenoxy) is 12. The van der Waals surface area contributed by atoms with Crippen LogP contribution in [0.25, 0.3) is 0 Å². The zero-order chi connectivity index (χ0) is 81.1. The Labute approximate surface area is 654 Å². The molecule has 6 aliphatic heterocycles. The van der Waals surface area contributed by atoms with Crippen molar-refractivity contribution in [3.8, 4) is 0 Å². The maximum atomic E-state index is 13.6. The summed E-state index contributed by atoms with van der Waals surface area (Å²) in [7, 11) is 0. The highest BCUT2D eigenvalue weighted by atomic mass is 16.8. The van der Waals surface area contributed by atoms with Gasteiger partial charge in [0.05, 0.1) is 57.4 Å². The fourth-order valence-corrected chi connectivity index (χ4v) is 15.3. The van der Waals surface area contributed by atoms with E-state index in [1.165, 1.54) is 149 Å². The third kappa shape index (κ3) is 30.4. The summed E-state index contributed by atoms with van der Waals surface area (Å²) >= 11 is 0. The van der Waals surface area contributed by atoms with Crippen LogP contribution in [0.2, 0.25) is 0 Å². The van der Waals surface area contributed by atoms with Gasteiger partial charge in [-0.05, 0) is 33.1 Å². The van der Waals surface area contributed by atoms with Crippen molar-refractivity contribution < 1.29 is 153 Å². The lowest BCUT2D eigenvalue weighted by Crippen LogP contribution is -2.71. The summed E-state index contributed by atoms with van der Waals surface area (Å²) in [5, 5.41) is 196. The van der Waals surface area contributed by atoms with Crippen LogP contribution in [0.15, 0.2) is 12.2 Å². The number of carbonyl (C=O) groups excluding carboxylic acids is 2. The monoisotopic (exact) mass is 1600 g/mol. The van der Waals surface area contributed by atoms with E-state index in [9.17, 15) is 96.4 Å². The number of rotatable bonds is 53. The van der Waals surface area contributed by atoms with Gasteiger partial charge in [0.1, 0.15) is 134 Å². The van der Waals surface area contributed by atoms with Crippen molar-refractivity contribution >= 4 is 11.8 Å². The molecule has 19 N–H and O–H groups in total. The van der Waals surface area contributed by atoms with Crippen molar-refractivity contribution in [2.75, 3.05) is 33.0 Å². The van der Waals surface area contributed by atoms with E-state index < -0.39 is 235 Å². The number of unbranched alkanes of at least 4 members (excludes halogenated alkanes) is 29. The molecule has 111 heavy (non-hydrogen) atoms. The van der Waals surface area contributed by atoms with E-state index in [0.717, 1.165) is 58.3 Å². The molecule has 650 valence electrons. The fourth-order valence-electron chi connectivity index (χ4n) is 15.3. The molecule has 0 saturated carbocycles. The molecule has 6 saturated heterocycles. The van der Waals surface area contributed by atoms with Crippen molar-refractivity contribution in [2.45, 2.75) is 436 Å². The molecule has 6 fully saturated rings. The summed E-state index contributed by atoms with van der Waals surface area (Å²) in [5.74, 6) is -1.25. The van der Waals surface area contributed by atoms with E-state index in [2.05, 4.69) is 24.5 Å². The first-order chi connectivity index (χ1) is 53.3. The van der Waals surface area contributed by atoms with E-state index in [1.807, 2.05) is 6.08 Å². The highest BCUT2D eigenvalue weighted by Crippen LogP contribution is 2.39. The minimum absolute atomic E-state index is 0.173. The van der Waals surface area contributed by atoms with Gasteiger partial charge in [0.15, 0.2) is 37.7 Å². The molecule has 0 radical (unpaired) electrons. The Hall–Kier alpha value is -2.48. The molecule has 0 aliphatic carbocycles. The molecule has 0 aromatic carbocycles. The maximum Gasteiger partial charge on any atom is 0.220 e. The van der Waals surface area contributed by atoms with Gasteiger partial charge in [-0.25, -0.2) is 0 Å². The fraction of sp³-hybridized carbons (Fsp3) is 0.949. The average Bonchev–Trinajstić information content (AvgIpc) is 0.760. The van der Waals surface area contributed by atoms with Crippen molar-refractivity contribution in [1.82, 2.24) is 10.6 Å². The lowest BCUT2D eigenvalue weighted by atomic mass is 9.93. The van der Waals surface area contributed by atoms with Gasteiger partial charge < -0.3 is 154 Å². The number of aliphatic hydroxyl groups is 17. The molecular formula is C78H142N2O31. The normalized spacial score (nSPS) is 37.5. The number of aliphatic hydroxyl groups excluding tert-OH is 17. The number of carbonyl (C=O) groups is 2. The molecule has 0 spiro atoms. The maximum absolute atomic E-state index is 13.6. The summed E-state index contributed by atoms with van der Waals surface area (Å²) in [6, 6.07) is -2.98. The molecule has 0 aromatic heterocycles. The molecule has 6 heterocycles. The molecular weight excluding hydrogens is 1460 g/mol. The smallest absolute Gasteiger partial charge is 0.220 e. The third-order valence-corrected chi connectivity index (χ3v) is 22.2. The summed E-state index contributed by atoms with van der Waals surface area (Å²) in [6.07, 6.45) is -16.1. The number of allylic oxidation sites excluding steroid dienone is 1. The van der Waals surface area contributed by atoms with Crippen LogP contribution in [-0.2, 0) is 66.4 Å². The van der Waals surface area contributed by atoms with Crippen LogP contribution in [0.4, 0.5) is 0 Å². The Balaban J connectivity index is 1.14. The van der Waals surface area contributed by atoms with E-state index >= 15 is 0 Å². The molecule has 2 amide bonds. The van der Waals surface area contributed by atoms with Crippen molar-refractivity contribution in [3.05, 3.63) is 12.2 Å². The zero-order valence-corrected chi connectivity index (χ0v) is 66.1. The first-order valence-corrected chi connectivity index (χ1v) is 41.7. The molecule has 33 heteroatoms. The lowest BCUT2D eigenvalue weighted by Gasteiger charge is -2.52. The number of nitrogens with one attached hydrogen (secondary N) is 2. The minimum Gasteiger partial charge on any atom is -0.394 e. The standard InChI is InChI=1S/C78H142N2O31/c1-6-8-10-12-14-16-18-20-21-22-23-24-25-27-29-31-33-35-37-39-54(87)80-48(49(86)38-36-34-32-30-28-26-19-17-15-13-11-9-7-2)44-100-74-66(98)63(95)68(52(42-83)106-74)107-77-67(99)71(59(91)51(41-82)103-77)110-73-55(79-47(5)85)70(69(53(43-84)105-73)108-75-64(96)60(92)56(88)45(3)101-75)109-78-72(62(94)58(90)50(40-81)104-78)111-76-65(97)61(93)57(89)46(4)102-76/h36,38,45-46,48-53,55-78,81-84,86,88-99H,6-35,37,39-44H2,1-5H3,(H,79,85)(H,80,87)/b38-36+/t45?,46?,48-,49+,50?,51?,52?,53?,55?,56+,57+,58-,59-,60?,61?,62-,63+,64-,65-,66?,67?,68+,69+,70+,71-,72?,73-,74+,75+,76+,77-,78-/m0/s1. The Kier molecular flexibility index (Phi) is 46.0. The first-order valence-electron chi connectivity index (χ1n) is 41.7. The van der Waals surface area contributed by atoms with Gasteiger partial charge in [0, 0.05) is 13.3 Å². The summed E-state index contributed by atoms with van der Waals surface area (Å²) in [6.45, 7) is 3.57. The van der Waals surface area contributed by atoms with E-state index in [4.69, 9.17) is 56.8 Å². The first kappa shape index (κ1) is 97.4. The van der Waals surface area contributed by atoms with Crippen LogP contribution in [0.5, 0.6) is 0 Å². The lowest BCUT2D eigenvalue weighted by molar-refractivity contribution is -0.400. The molecule has 33 nitrogen and oxygen atoms in total. The van der Waals surface area contributed by atoms with E-state index in [1.54, 1.807) is 6.08 Å². The topological polar surface area (TPSA) is 513 Å². The molecule has 32 atom stereocenters. The van der Waals surface area contributed by atoms with Crippen LogP contribution in [-0.4, -0.2) is 328 Å². The van der Waals surface area contributed by atoms with Crippen LogP contribution in [0, 0.1) is 0 Å². The number of hydrogen-bond acceptors (Lipinski definition) is 31. The number of amides is 2. The van der Waals surface area contributed by atoms with Gasteiger partial charge in [-0.2, -0.15) is 0 Å². The van der Waals surface area contributed by atoms with Crippen LogP contribution >= 0.6 is 0 Å². The van der Waals surface area contributed by atoms with Crippen LogP contribution in [0.3, 0.4) is 0 Å². The largest absolute Gasteiger partial charge is 0.394 e. The van der Waals surface area contributed by atoms with Gasteiger partial charge in [-0.3, -0.25) is 9.59 Å². The minimum atomic E-state index is -2.25. The number of hydrogen-bond donors (Lipinski definition) is 19. The second-order valence-electron chi connectivity index (χ2n) is 31.3. The van der Waals surface area contributed by atoms with Crippen molar-refractivity contribution in [3.63, 3.8) is 0 Å². The van der Waals surface area contributed by atoms with Crippen LogP contribution in [0.1, 0.15) is 240 Å². The van der Waals surface area contributed by atoms with Gasteiger partial charge in [0.2, 0.25) is 11.8 Å². The van der Waals surface area contributed by atoms with Crippen molar-refractivity contribution in [1.29, 1.82) is 0 Å². The predicted octanol–water partition coefficient (Wildman–Crippen LogP) is 1.05. The van der Waals surface area contributed by atoms with Gasteiger partial charge in [-0.1, -0.05) is 206 Å². The molecule has 0 bridgehead atoms.